The van der Waals surface area contributed by atoms with Crippen molar-refractivity contribution < 1.29 is 9.53 Å². The van der Waals surface area contributed by atoms with E-state index in [0.717, 1.165) is 12.2 Å². The fraction of sp³-hybridized carbons (Fsp3) is 0.500. The lowest BCUT2D eigenvalue weighted by Gasteiger charge is -2.09. The number of rotatable bonds is 5. The number of nitrogens with two attached hydrogens (primary N) is 1. The summed E-state index contributed by atoms with van der Waals surface area (Å²) < 4.78 is 5.22. The van der Waals surface area contributed by atoms with Crippen molar-refractivity contribution in [3.63, 3.8) is 0 Å². The third kappa shape index (κ3) is 2.78. The summed E-state index contributed by atoms with van der Waals surface area (Å²) in [5.41, 5.74) is 6.54. The zero-order valence-corrected chi connectivity index (χ0v) is 10.3. The Morgan fingerprint density at radius 3 is 3.00 bits per heavy atom. The molecule has 0 bridgehead atoms. The summed E-state index contributed by atoms with van der Waals surface area (Å²) in [4.78, 5) is 10.9. The molecule has 1 saturated carbocycles. The minimum Gasteiger partial charge on any atom is -0.497 e. The largest absolute Gasteiger partial charge is 0.497 e. The lowest BCUT2D eigenvalue weighted by atomic mass is 9.98. The highest BCUT2D eigenvalue weighted by atomic mass is 16.5. The van der Waals surface area contributed by atoms with Crippen LogP contribution in [0.5, 0.6) is 5.75 Å². The third-order valence-electron chi connectivity index (χ3n) is 3.62. The van der Waals surface area contributed by atoms with Crippen LogP contribution < -0.4 is 10.5 Å². The highest BCUT2D eigenvalue weighted by Crippen LogP contribution is 2.52. The van der Waals surface area contributed by atoms with E-state index in [-0.39, 0.29) is 5.91 Å². The van der Waals surface area contributed by atoms with E-state index in [0.29, 0.717) is 24.2 Å². The molecule has 0 heterocycles. The first-order chi connectivity index (χ1) is 8.11. The number of amides is 1. The Hall–Kier alpha value is -1.51. The highest BCUT2D eigenvalue weighted by molar-refractivity contribution is 5.74. The van der Waals surface area contributed by atoms with Gasteiger partial charge < -0.3 is 10.5 Å². The van der Waals surface area contributed by atoms with Gasteiger partial charge in [0.1, 0.15) is 5.75 Å². The van der Waals surface area contributed by atoms with Gasteiger partial charge in [-0.15, -0.1) is 0 Å². The van der Waals surface area contributed by atoms with Gasteiger partial charge in [-0.05, 0) is 41.9 Å². The Balaban J connectivity index is 1.99. The Kier molecular flexibility index (Phi) is 3.36. The van der Waals surface area contributed by atoms with Gasteiger partial charge in [0.05, 0.1) is 7.11 Å². The second-order valence-corrected chi connectivity index (χ2v) is 4.93. The molecule has 1 aliphatic carbocycles. The van der Waals surface area contributed by atoms with Gasteiger partial charge in [0.2, 0.25) is 5.91 Å². The molecule has 0 radical (unpaired) electrons. The van der Waals surface area contributed by atoms with Gasteiger partial charge >= 0.3 is 0 Å². The van der Waals surface area contributed by atoms with Crippen molar-refractivity contribution in [2.75, 3.05) is 7.11 Å². The van der Waals surface area contributed by atoms with Gasteiger partial charge in [-0.2, -0.15) is 0 Å². The molecular formula is C14H19NO2. The molecule has 2 rings (SSSR count). The van der Waals surface area contributed by atoms with Crippen molar-refractivity contribution in [2.24, 2.45) is 17.6 Å². The first-order valence-electron chi connectivity index (χ1n) is 6.04. The van der Waals surface area contributed by atoms with Crippen molar-refractivity contribution in [2.45, 2.75) is 25.7 Å². The van der Waals surface area contributed by atoms with Crippen LogP contribution in [0.15, 0.2) is 24.3 Å². The van der Waals surface area contributed by atoms with Gasteiger partial charge in [0, 0.05) is 6.42 Å². The van der Waals surface area contributed by atoms with Crippen LogP contribution in [-0.2, 0) is 4.79 Å². The van der Waals surface area contributed by atoms with Crippen LogP contribution in [0.25, 0.3) is 0 Å². The van der Waals surface area contributed by atoms with E-state index in [4.69, 9.17) is 10.5 Å². The predicted molar refractivity (Wildman–Crippen MR) is 66.8 cm³/mol. The lowest BCUT2D eigenvalue weighted by Crippen LogP contribution is -2.16. The van der Waals surface area contributed by atoms with E-state index in [2.05, 4.69) is 19.1 Å². The molecule has 1 fully saturated rings. The summed E-state index contributed by atoms with van der Waals surface area (Å²) in [6.45, 7) is 2.11. The number of primary amides is 1. The second kappa shape index (κ2) is 4.78. The maximum absolute atomic E-state index is 10.9. The fourth-order valence-electron chi connectivity index (χ4n) is 2.57. The number of hydrogen-bond donors (Lipinski definition) is 1. The molecule has 92 valence electrons. The predicted octanol–water partition coefficient (Wildman–Crippen LogP) is 2.31. The van der Waals surface area contributed by atoms with Crippen LogP contribution in [0.3, 0.4) is 0 Å². The molecule has 0 aromatic heterocycles. The molecule has 0 aliphatic heterocycles. The van der Waals surface area contributed by atoms with Crippen LogP contribution in [0.1, 0.15) is 31.2 Å². The van der Waals surface area contributed by atoms with Crippen molar-refractivity contribution in [1.82, 2.24) is 0 Å². The Labute approximate surface area is 102 Å². The first kappa shape index (κ1) is 12.0. The quantitative estimate of drug-likeness (QED) is 0.848. The number of methoxy groups -OCH3 is 1. The van der Waals surface area contributed by atoms with Gasteiger partial charge in [0.25, 0.3) is 0 Å². The van der Waals surface area contributed by atoms with Crippen molar-refractivity contribution >= 4 is 5.91 Å². The molecule has 3 unspecified atom stereocenters. The van der Waals surface area contributed by atoms with Crippen molar-refractivity contribution in [3.8, 4) is 5.75 Å². The number of carbonyl (C=O) groups excluding carboxylic acids is 1. The number of benzene rings is 1. The number of hydrogen-bond acceptors (Lipinski definition) is 2. The van der Waals surface area contributed by atoms with Crippen LogP contribution in [0.2, 0.25) is 0 Å². The standard InChI is InChI=1S/C14H19NO2/c1-9(6-14(15)16)12-8-13(12)10-4-3-5-11(7-10)17-2/h3-5,7,9,12-13H,6,8H2,1-2H3,(H2,15,16). The average Bonchev–Trinajstić information content (AvgIpc) is 3.08. The Bertz CT molecular complexity index is 416. The molecule has 1 aromatic rings. The zero-order valence-electron chi connectivity index (χ0n) is 10.3. The molecule has 1 aliphatic rings. The van der Waals surface area contributed by atoms with E-state index in [1.165, 1.54) is 5.56 Å². The van der Waals surface area contributed by atoms with Gasteiger partial charge in [-0.1, -0.05) is 19.1 Å². The fourth-order valence-corrected chi connectivity index (χ4v) is 2.57. The summed E-state index contributed by atoms with van der Waals surface area (Å²) in [5, 5.41) is 0. The Morgan fingerprint density at radius 2 is 2.35 bits per heavy atom. The van der Waals surface area contributed by atoms with Crippen LogP contribution >= 0.6 is 0 Å². The SMILES string of the molecule is COc1cccc(C2CC2C(C)CC(N)=O)c1. The van der Waals surface area contributed by atoms with E-state index in [1.807, 2.05) is 12.1 Å². The topological polar surface area (TPSA) is 52.3 Å². The van der Waals surface area contributed by atoms with E-state index >= 15 is 0 Å². The summed E-state index contributed by atoms with van der Waals surface area (Å²) in [6.07, 6.45) is 1.65. The number of carbonyl (C=O) groups is 1. The molecule has 3 nitrogen and oxygen atoms in total. The lowest BCUT2D eigenvalue weighted by molar-refractivity contribution is -0.118. The molecule has 2 N–H and O–H groups in total. The monoisotopic (exact) mass is 233 g/mol. The minimum atomic E-state index is -0.200. The molecule has 1 amide bonds. The smallest absolute Gasteiger partial charge is 0.217 e. The zero-order chi connectivity index (χ0) is 12.4. The summed E-state index contributed by atoms with van der Waals surface area (Å²) in [5.74, 6) is 2.24. The van der Waals surface area contributed by atoms with Crippen molar-refractivity contribution in [1.29, 1.82) is 0 Å². The average molecular weight is 233 g/mol. The molecular weight excluding hydrogens is 214 g/mol. The Morgan fingerprint density at radius 1 is 1.59 bits per heavy atom. The van der Waals surface area contributed by atoms with Gasteiger partial charge in [-0.3, -0.25) is 4.79 Å². The van der Waals surface area contributed by atoms with Crippen LogP contribution in [-0.4, -0.2) is 13.0 Å². The summed E-state index contributed by atoms with van der Waals surface area (Å²) in [6, 6.07) is 8.18. The summed E-state index contributed by atoms with van der Waals surface area (Å²) >= 11 is 0. The molecule has 0 saturated heterocycles. The maximum Gasteiger partial charge on any atom is 0.217 e. The molecule has 3 atom stereocenters. The van der Waals surface area contributed by atoms with E-state index in [9.17, 15) is 4.79 Å². The molecule has 3 heteroatoms. The summed E-state index contributed by atoms with van der Waals surface area (Å²) in [7, 11) is 1.68. The van der Waals surface area contributed by atoms with E-state index in [1.54, 1.807) is 7.11 Å². The number of ether oxygens (including phenoxy) is 1. The molecule has 0 spiro atoms. The van der Waals surface area contributed by atoms with Crippen LogP contribution in [0.4, 0.5) is 0 Å². The van der Waals surface area contributed by atoms with Crippen molar-refractivity contribution in [3.05, 3.63) is 29.8 Å². The normalized spacial score (nSPS) is 24.1. The molecule has 1 aromatic carbocycles. The minimum absolute atomic E-state index is 0.200. The maximum atomic E-state index is 10.9. The highest BCUT2D eigenvalue weighted by Gasteiger charge is 2.42. The molecule has 17 heavy (non-hydrogen) atoms. The second-order valence-electron chi connectivity index (χ2n) is 4.93. The van der Waals surface area contributed by atoms with Gasteiger partial charge in [-0.25, -0.2) is 0 Å². The van der Waals surface area contributed by atoms with Gasteiger partial charge in [0.15, 0.2) is 0 Å². The van der Waals surface area contributed by atoms with E-state index < -0.39 is 0 Å². The van der Waals surface area contributed by atoms with Crippen LogP contribution in [0, 0.1) is 11.8 Å². The first-order valence-corrected chi connectivity index (χ1v) is 6.04. The third-order valence-corrected chi connectivity index (χ3v) is 3.62.